The summed E-state index contributed by atoms with van der Waals surface area (Å²) >= 11 is 0. The lowest BCUT2D eigenvalue weighted by Gasteiger charge is -2.17. The molecule has 3 rings (SSSR count). The normalized spacial score (nSPS) is 14.6. The topological polar surface area (TPSA) is 49.9 Å². The summed E-state index contributed by atoms with van der Waals surface area (Å²) in [6.45, 7) is -2.97. The number of anilines is 1. The first-order valence-electron chi connectivity index (χ1n) is 7.25. The van der Waals surface area contributed by atoms with Gasteiger partial charge in [0, 0.05) is 5.69 Å². The molecule has 1 saturated heterocycles. The number of para-hydroxylation sites is 1. The van der Waals surface area contributed by atoms with Gasteiger partial charge in [0.1, 0.15) is 12.3 Å². The summed E-state index contributed by atoms with van der Waals surface area (Å²) in [5.41, 5.74) is 1.16. The minimum absolute atomic E-state index is 0.00143. The Balaban J connectivity index is 1.76. The van der Waals surface area contributed by atoms with Gasteiger partial charge in [-0.2, -0.15) is 8.78 Å². The van der Waals surface area contributed by atoms with E-state index in [1.165, 1.54) is 23.1 Å². The van der Waals surface area contributed by atoms with Crippen LogP contribution in [0.25, 0.3) is 0 Å². The molecule has 0 aromatic heterocycles. The molecule has 1 heterocycles. The molecule has 0 spiro atoms. The van der Waals surface area contributed by atoms with Crippen molar-refractivity contribution in [1.82, 2.24) is 4.90 Å². The van der Waals surface area contributed by atoms with E-state index in [4.69, 9.17) is 0 Å². The number of carbonyl (C=O) groups excluding carboxylic acids is 2. The average molecular weight is 332 g/mol. The Morgan fingerprint density at radius 1 is 1.04 bits per heavy atom. The van der Waals surface area contributed by atoms with Gasteiger partial charge in [-0.15, -0.1) is 0 Å². The van der Waals surface area contributed by atoms with E-state index in [1.807, 2.05) is 6.07 Å². The van der Waals surface area contributed by atoms with Crippen LogP contribution in [0.1, 0.15) is 5.56 Å². The van der Waals surface area contributed by atoms with Gasteiger partial charge < -0.3 is 4.74 Å². The predicted molar refractivity (Wildman–Crippen MR) is 82.8 cm³/mol. The van der Waals surface area contributed by atoms with E-state index in [-0.39, 0.29) is 24.7 Å². The van der Waals surface area contributed by atoms with E-state index in [0.717, 1.165) is 4.90 Å². The zero-order valence-corrected chi connectivity index (χ0v) is 12.6. The van der Waals surface area contributed by atoms with Crippen LogP contribution >= 0.6 is 0 Å². The molecule has 5 nitrogen and oxygen atoms in total. The molecular formula is C17H14F2N2O3. The van der Waals surface area contributed by atoms with Crippen molar-refractivity contribution < 1.29 is 23.1 Å². The maximum absolute atomic E-state index is 12.5. The average Bonchev–Trinajstić information content (AvgIpc) is 2.84. The molecule has 2 aromatic rings. The van der Waals surface area contributed by atoms with Crippen molar-refractivity contribution in [3.05, 3.63) is 60.2 Å². The summed E-state index contributed by atoms with van der Waals surface area (Å²) in [4.78, 5) is 27.1. The number of halogens is 2. The van der Waals surface area contributed by atoms with Crippen LogP contribution in [-0.4, -0.2) is 30.0 Å². The molecule has 0 aliphatic carbocycles. The standard InChI is InChI=1S/C17H14F2N2O3/c18-16(19)24-14-8-4-5-12(9-14)10-21-15(22)11-20(17(21)23)13-6-2-1-3-7-13/h1-9,16H,10-11H2. The number of carbonyl (C=O) groups is 2. The maximum atomic E-state index is 12.5. The molecule has 2 aromatic carbocycles. The van der Waals surface area contributed by atoms with Crippen molar-refractivity contribution in [3.8, 4) is 5.75 Å². The maximum Gasteiger partial charge on any atom is 0.387 e. The molecule has 0 atom stereocenters. The fourth-order valence-electron chi connectivity index (χ4n) is 2.51. The van der Waals surface area contributed by atoms with E-state index in [2.05, 4.69) is 4.74 Å². The number of benzene rings is 2. The second kappa shape index (κ2) is 6.66. The van der Waals surface area contributed by atoms with Gasteiger partial charge in [0.15, 0.2) is 0 Å². The SMILES string of the molecule is O=C1CN(c2ccccc2)C(=O)N1Cc1cccc(OC(F)F)c1. The lowest BCUT2D eigenvalue weighted by molar-refractivity contribution is -0.125. The summed E-state index contributed by atoms with van der Waals surface area (Å²) in [7, 11) is 0. The smallest absolute Gasteiger partial charge is 0.387 e. The molecule has 0 saturated carbocycles. The fourth-order valence-corrected chi connectivity index (χ4v) is 2.51. The van der Waals surface area contributed by atoms with Gasteiger partial charge in [-0.1, -0.05) is 30.3 Å². The summed E-state index contributed by atoms with van der Waals surface area (Å²) in [5.74, 6) is -0.356. The van der Waals surface area contributed by atoms with Gasteiger partial charge in [-0.05, 0) is 29.8 Å². The van der Waals surface area contributed by atoms with E-state index >= 15 is 0 Å². The summed E-state index contributed by atoms with van der Waals surface area (Å²) < 4.78 is 28.9. The van der Waals surface area contributed by atoms with E-state index in [1.54, 1.807) is 30.3 Å². The Hall–Kier alpha value is -2.96. The fraction of sp³-hybridized carbons (Fsp3) is 0.176. The minimum atomic E-state index is -2.93. The predicted octanol–water partition coefficient (Wildman–Crippen LogP) is 3.26. The molecule has 124 valence electrons. The monoisotopic (exact) mass is 332 g/mol. The Bertz CT molecular complexity index is 753. The quantitative estimate of drug-likeness (QED) is 0.790. The van der Waals surface area contributed by atoms with Crippen molar-refractivity contribution in [1.29, 1.82) is 0 Å². The number of rotatable bonds is 5. The van der Waals surface area contributed by atoms with E-state index in [9.17, 15) is 18.4 Å². The zero-order valence-electron chi connectivity index (χ0n) is 12.6. The van der Waals surface area contributed by atoms with Crippen LogP contribution in [0.5, 0.6) is 5.75 Å². The summed E-state index contributed by atoms with van der Waals surface area (Å²) in [6, 6.07) is 14.4. The molecule has 3 amide bonds. The minimum Gasteiger partial charge on any atom is -0.435 e. The lowest BCUT2D eigenvalue weighted by atomic mass is 10.2. The Labute approximate surface area is 137 Å². The number of ether oxygens (including phenoxy) is 1. The third-order valence-electron chi connectivity index (χ3n) is 3.59. The van der Waals surface area contributed by atoms with Gasteiger partial charge in [-0.3, -0.25) is 14.6 Å². The summed E-state index contributed by atoms with van der Waals surface area (Å²) in [5, 5.41) is 0. The first-order chi connectivity index (χ1) is 11.5. The number of alkyl halides is 2. The number of amides is 3. The second-order valence-corrected chi connectivity index (χ2v) is 5.21. The number of hydrogen-bond acceptors (Lipinski definition) is 3. The first kappa shape index (κ1) is 15.9. The van der Waals surface area contributed by atoms with Crippen LogP contribution in [0.15, 0.2) is 54.6 Å². The first-order valence-corrected chi connectivity index (χ1v) is 7.25. The van der Waals surface area contributed by atoms with Crippen LogP contribution in [-0.2, 0) is 11.3 Å². The molecular weight excluding hydrogens is 318 g/mol. The van der Waals surface area contributed by atoms with Gasteiger partial charge in [0.2, 0.25) is 0 Å². The summed E-state index contributed by atoms with van der Waals surface area (Å²) in [6.07, 6.45) is 0. The largest absolute Gasteiger partial charge is 0.435 e. The number of hydrogen-bond donors (Lipinski definition) is 0. The van der Waals surface area contributed by atoms with Crippen LogP contribution in [0.3, 0.4) is 0 Å². The molecule has 1 aliphatic heterocycles. The molecule has 0 N–H and O–H groups in total. The molecule has 0 radical (unpaired) electrons. The van der Waals surface area contributed by atoms with Gasteiger partial charge in [0.05, 0.1) is 6.54 Å². The van der Waals surface area contributed by atoms with Gasteiger partial charge >= 0.3 is 12.6 Å². The highest BCUT2D eigenvalue weighted by atomic mass is 19.3. The number of nitrogens with zero attached hydrogens (tertiary/aromatic N) is 2. The van der Waals surface area contributed by atoms with E-state index < -0.39 is 12.6 Å². The highest BCUT2D eigenvalue weighted by Gasteiger charge is 2.36. The third-order valence-corrected chi connectivity index (χ3v) is 3.59. The highest BCUT2D eigenvalue weighted by molar-refractivity contribution is 6.12. The van der Waals surface area contributed by atoms with Gasteiger partial charge in [-0.25, -0.2) is 4.79 Å². The molecule has 0 unspecified atom stereocenters. The molecule has 7 heteroatoms. The van der Waals surface area contributed by atoms with Crippen LogP contribution in [0, 0.1) is 0 Å². The van der Waals surface area contributed by atoms with E-state index in [0.29, 0.717) is 11.3 Å². The van der Waals surface area contributed by atoms with Gasteiger partial charge in [0.25, 0.3) is 5.91 Å². The van der Waals surface area contributed by atoms with Crippen molar-refractivity contribution in [2.75, 3.05) is 11.4 Å². The Morgan fingerprint density at radius 3 is 2.50 bits per heavy atom. The molecule has 24 heavy (non-hydrogen) atoms. The molecule has 1 fully saturated rings. The third kappa shape index (κ3) is 3.34. The Kier molecular flexibility index (Phi) is 4.41. The molecule has 0 bridgehead atoms. The number of imide groups is 1. The second-order valence-electron chi connectivity index (χ2n) is 5.21. The number of urea groups is 1. The van der Waals surface area contributed by atoms with Crippen molar-refractivity contribution in [2.45, 2.75) is 13.2 Å². The van der Waals surface area contributed by atoms with Crippen molar-refractivity contribution in [2.24, 2.45) is 0 Å². The van der Waals surface area contributed by atoms with Crippen LogP contribution in [0.4, 0.5) is 19.3 Å². The van der Waals surface area contributed by atoms with Crippen LogP contribution < -0.4 is 9.64 Å². The zero-order chi connectivity index (χ0) is 17.1. The Morgan fingerprint density at radius 2 is 1.79 bits per heavy atom. The molecule has 1 aliphatic rings. The van der Waals surface area contributed by atoms with Crippen molar-refractivity contribution in [3.63, 3.8) is 0 Å². The highest BCUT2D eigenvalue weighted by Crippen LogP contribution is 2.23. The lowest BCUT2D eigenvalue weighted by Crippen LogP contribution is -2.32. The van der Waals surface area contributed by atoms with Crippen molar-refractivity contribution >= 4 is 17.6 Å². The van der Waals surface area contributed by atoms with Crippen LogP contribution in [0.2, 0.25) is 0 Å².